The zero-order valence-electron chi connectivity index (χ0n) is 13.6. The molecule has 1 N–H and O–H groups in total. The minimum absolute atomic E-state index is 0.144. The quantitative estimate of drug-likeness (QED) is 0.874. The van der Waals surface area contributed by atoms with Crippen LogP contribution in [-0.2, 0) is 4.79 Å². The number of ether oxygens (including phenoxy) is 1. The van der Waals surface area contributed by atoms with Gasteiger partial charge in [-0.25, -0.2) is 0 Å². The van der Waals surface area contributed by atoms with E-state index in [1.54, 1.807) is 42.5 Å². The Labute approximate surface area is 146 Å². The Hall–Kier alpha value is -2.53. The average molecular weight is 347 g/mol. The lowest BCUT2D eigenvalue weighted by atomic mass is 10.2. The molecule has 2 rings (SSSR count). The third kappa shape index (κ3) is 4.26. The Morgan fingerprint density at radius 1 is 1.12 bits per heavy atom. The van der Waals surface area contributed by atoms with E-state index in [0.29, 0.717) is 35.1 Å². The summed E-state index contributed by atoms with van der Waals surface area (Å²) in [6.45, 7) is 2.08. The van der Waals surface area contributed by atoms with Crippen LogP contribution in [0.4, 0.5) is 5.69 Å². The van der Waals surface area contributed by atoms with Crippen LogP contribution in [0.2, 0.25) is 5.02 Å². The highest BCUT2D eigenvalue weighted by Crippen LogP contribution is 2.25. The molecule has 5 nitrogen and oxygen atoms in total. The van der Waals surface area contributed by atoms with Crippen molar-refractivity contribution in [2.24, 2.45) is 0 Å². The second-order valence-corrected chi connectivity index (χ2v) is 5.49. The van der Waals surface area contributed by atoms with Crippen LogP contribution in [0.3, 0.4) is 0 Å². The largest absolute Gasteiger partial charge is 0.496 e. The molecule has 0 aliphatic carbocycles. The summed E-state index contributed by atoms with van der Waals surface area (Å²) in [6.07, 6.45) is 0. The summed E-state index contributed by atoms with van der Waals surface area (Å²) < 4.78 is 5.17. The first kappa shape index (κ1) is 17.8. The van der Waals surface area contributed by atoms with Crippen molar-refractivity contribution in [3.05, 3.63) is 59.1 Å². The van der Waals surface area contributed by atoms with Crippen molar-refractivity contribution in [1.82, 2.24) is 5.32 Å². The Kier molecular flexibility index (Phi) is 6.21. The maximum atomic E-state index is 12.3. The third-order valence-electron chi connectivity index (χ3n) is 3.50. The van der Waals surface area contributed by atoms with E-state index in [9.17, 15) is 9.59 Å². The monoisotopic (exact) mass is 346 g/mol. The van der Waals surface area contributed by atoms with Gasteiger partial charge in [-0.1, -0.05) is 35.9 Å². The molecule has 24 heavy (non-hydrogen) atoms. The first-order valence-corrected chi connectivity index (χ1v) is 7.86. The lowest BCUT2D eigenvalue weighted by Gasteiger charge is -2.22. The first-order valence-electron chi connectivity index (χ1n) is 7.48. The van der Waals surface area contributed by atoms with Gasteiger partial charge in [0.15, 0.2) is 0 Å². The summed E-state index contributed by atoms with van der Waals surface area (Å²) in [5, 5.41) is 3.28. The number of carbonyl (C=O) groups is 2. The van der Waals surface area contributed by atoms with Crippen LogP contribution in [-0.4, -0.2) is 32.0 Å². The molecular formula is C18H19ClN2O3. The molecule has 0 unspecified atom stereocenters. The molecule has 0 heterocycles. The van der Waals surface area contributed by atoms with E-state index in [2.05, 4.69) is 5.32 Å². The van der Waals surface area contributed by atoms with E-state index in [-0.39, 0.29) is 11.8 Å². The molecule has 0 saturated heterocycles. The van der Waals surface area contributed by atoms with Crippen LogP contribution in [0.15, 0.2) is 48.5 Å². The van der Waals surface area contributed by atoms with Crippen molar-refractivity contribution < 1.29 is 14.3 Å². The molecule has 2 aromatic carbocycles. The van der Waals surface area contributed by atoms with Crippen molar-refractivity contribution in [2.75, 3.05) is 25.1 Å². The molecule has 0 bridgehead atoms. The molecule has 126 valence electrons. The molecular weight excluding hydrogens is 328 g/mol. The van der Waals surface area contributed by atoms with Gasteiger partial charge in [-0.15, -0.1) is 0 Å². The zero-order chi connectivity index (χ0) is 17.5. The molecule has 2 amide bonds. The Bertz CT molecular complexity index is 734. The molecule has 6 heteroatoms. The van der Waals surface area contributed by atoms with E-state index in [4.69, 9.17) is 16.3 Å². The number of para-hydroxylation sites is 2. The predicted molar refractivity (Wildman–Crippen MR) is 94.8 cm³/mol. The van der Waals surface area contributed by atoms with Gasteiger partial charge in [-0.3, -0.25) is 9.59 Å². The molecule has 0 aliphatic rings. The Morgan fingerprint density at radius 2 is 1.79 bits per heavy atom. The molecule has 0 saturated carbocycles. The minimum atomic E-state index is -0.255. The second kappa shape index (κ2) is 8.36. The van der Waals surface area contributed by atoms with Crippen LogP contribution in [0.1, 0.15) is 17.3 Å². The van der Waals surface area contributed by atoms with Gasteiger partial charge in [-0.05, 0) is 24.3 Å². The molecule has 0 atom stereocenters. The summed E-state index contributed by atoms with van der Waals surface area (Å²) >= 11 is 6.14. The summed E-state index contributed by atoms with van der Waals surface area (Å²) in [6, 6.07) is 14.1. The highest BCUT2D eigenvalue weighted by atomic mass is 35.5. The molecule has 0 aliphatic heterocycles. The van der Waals surface area contributed by atoms with Gasteiger partial charge in [-0.2, -0.15) is 0 Å². The van der Waals surface area contributed by atoms with Crippen molar-refractivity contribution in [1.29, 1.82) is 0 Å². The van der Waals surface area contributed by atoms with Crippen molar-refractivity contribution >= 4 is 29.1 Å². The molecule has 0 aromatic heterocycles. The molecule has 0 fully saturated rings. The van der Waals surface area contributed by atoms with Gasteiger partial charge in [0.25, 0.3) is 5.91 Å². The van der Waals surface area contributed by atoms with Crippen LogP contribution in [0, 0.1) is 0 Å². The second-order valence-electron chi connectivity index (χ2n) is 5.08. The average Bonchev–Trinajstić information content (AvgIpc) is 2.59. The minimum Gasteiger partial charge on any atom is -0.496 e. The van der Waals surface area contributed by atoms with Crippen molar-refractivity contribution in [3.63, 3.8) is 0 Å². The van der Waals surface area contributed by atoms with E-state index in [0.717, 1.165) is 0 Å². The van der Waals surface area contributed by atoms with Gasteiger partial charge in [0.1, 0.15) is 5.75 Å². The van der Waals surface area contributed by atoms with E-state index < -0.39 is 0 Å². The molecule has 0 radical (unpaired) electrons. The normalized spacial score (nSPS) is 10.1. The number of nitrogens with zero attached hydrogens (tertiary/aromatic N) is 1. The fourth-order valence-corrected chi connectivity index (χ4v) is 2.56. The SMILES string of the molecule is COc1ccccc1C(=O)NCCN(C(C)=O)c1ccccc1Cl. The smallest absolute Gasteiger partial charge is 0.255 e. The number of rotatable bonds is 6. The maximum Gasteiger partial charge on any atom is 0.255 e. The standard InChI is InChI=1S/C18H19ClN2O3/c1-13(22)21(16-9-5-4-8-15(16)19)12-11-20-18(23)14-7-3-6-10-17(14)24-2/h3-10H,11-12H2,1-2H3,(H,20,23). The number of methoxy groups -OCH3 is 1. The van der Waals surface area contributed by atoms with Gasteiger partial charge < -0.3 is 15.0 Å². The fourth-order valence-electron chi connectivity index (χ4n) is 2.33. The lowest BCUT2D eigenvalue weighted by molar-refractivity contribution is -0.116. The van der Waals surface area contributed by atoms with Crippen LogP contribution >= 0.6 is 11.6 Å². The fraction of sp³-hybridized carbons (Fsp3) is 0.222. The van der Waals surface area contributed by atoms with Gasteiger partial charge in [0.2, 0.25) is 5.91 Å². The Morgan fingerprint density at radius 3 is 2.46 bits per heavy atom. The van der Waals surface area contributed by atoms with Crippen LogP contribution in [0.25, 0.3) is 0 Å². The van der Waals surface area contributed by atoms with Crippen molar-refractivity contribution in [3.8, 4) is 5.75 Å². The van der Waals surface area contributed by atoms with Crippen molar-refractivity contribution in [2.45, 2.75) is 6.92 Å². The third-order valence-corrected chi connectivity index (χ3v) is 3.82. The number of anilines is 1. The van der Waals surface area contributed by atoms with Crippen LogP contribution in [0.5, 0.6) is 5.75 Å². The number of benzene rings is 2. The van der Waals surface area contributed by atoms with Gasteiger partial charge >= 0.3 is 0 Å². The number of hydrogen-bond donors (Lipinski definition) is 1. The molecule has 0 spiro atoms. The summed E-state index contributed by atoms with van der Waals surface area (Å²) in [4.78, 5) is 25.7. The molecule has 2 aromatic rings. The van der Waals surface area contributed by atoms with Gasteiger partial charge in [0.05, 0.1) is 23.4 Å². The van der Waals surface area contributed by atoms with E-state index in [1.165, 1.54) is 18.9 Å². The summed E-state index contributed by atoms with van der Waals surface area (Å²) in [5.41, 5.74) is 1.07. The first-order chi connectivity index (χ1) is 11.5. The summed E-state index contributed by atoms with van der Waals surface area (Å²) in [5.74, 6) is 0.106. The topological polar surface area (TPSA) is 58.6 Å². The maximum absolute atomic E-state index is 12.3. The van der Waals surface area contributed by atoms with Gasteiger partial charge in [0, 0.05) is 20.0 Å². The van der Waals surface area contributed by atoms with Crippen LogP contribution < -0.4 is 15.0 Å². The lowest BCUT2D eigenvalue weighted by Crippen LogP contribution is -2.37. The predicted octanol–water partition coefficient (Wildman–Crippen LogP) is 3.13. The zero-order valence-corrected chi connectivity index (χ0v) is 14.3. The number of halogens is 1. The Balaban J connectivity index is 2.02. The number of amides is 2. The van der Waals surface area contributed by atoms with E-state index >= 15 is 0 Å². The number of hydrogen-bond acceptors (Lipinski definition) is 3. The highest BCUT2D eigenvalue weighted by molar-refractivity contribution is 6.33. The summed E-state index contributed by atoms with van der Waals surface area (Å²) in [7, 11) is 1.51. The number of carbonyl (C=O) groups excluding carboxylic acids is 2. The highest BCUT2D eigenvalue weighted by Gasteiger charge is 2.15. The van der Waals surface area contributed by atoms with E-state index in [1.807, 2.05) is 6.07 Å². The number of nitrogens with one attached hydrogen (secondary N) is 1.